The highest BCUT2D eigenvalue weighted by Crippen LogP contribution is 2.27. The number of ether oxygens (including phenoxy) is 1. The van der Waals surface area contributed by atoms with E-state index in [1.165, 1.54) is 0 Å². The number of unbranched alkanes of at least 4 members (excludes halogenated alkanes) is 2. The van der Waals surface area contributed by atoms with Gasteiger partial charge in [-0.25, -0.2) is 4.79 Å². The summed E-state index contributed by atoms with van der Waals surface area (Å²) in [5.41, 5.74) is 2.33. The van der Waals surface area contributed by atoms with Gasteiger partial charge in [-0.1, -0.05) is 50.1 Å². The van der Waals surface area contributed by atoms with E-state index in [0.29, 0.717) is 17.3 Å². The maximum absolute atomic E-state index is 12.5. The maximum Gasteiger partial charge on any atom is 0.338 e. The highest BCUT2D eigenvalue weighted by molar-refractivity contribution is 7.80. The van der Waals surface area contributed by atoms with Gasteiger partial charge in [-0.15, -0.1) is 0 Å². The summed E-state index contributed by atoms with van der Waals surface area (Å²) in [6.45, 7) is 4.43. The summed E-state index contributed by atoms with van der Waals surface area (Å²) in [4.78, 5) is 12.5. The van der Waals surface area contributed by atoms with E-state index in [1.54, 1.807) is 0 Å². The molecule has 1 aliphatic heterocycles. The summed E-state index contributed by atoms with van der Waals surface area (Å²) in [6.07, 6.45) is 3.06. The molecule has 118 valence electrons. The minimum absolute atomic E-state index is 0.270. The van der Waals surface area contributed by atoms with Crippen LogP contribution in [-0.2, 0) is 9.53 Å². The van der Waals surface area contributed by atoms with Crippen molar-refractivity contribution >= 4 is 23.3 Å². The topological polar surface area (TPSA) is 50.4 Å². The van der Waals surface area contributed by atoms with Gasteiger partial charge in [0.15, 0.2) is 5.11 Å². The van der Waals surface area contributed by atoms with Gasteiger partial charge in [0.05, 0.1) is 18.2 Å². The zero-order valence-electron chi connectivity index (χ0n) is 13.0. The molecule has 2 N–H and O–H groups in total. The first kappa shape index (κ1) is 16.5. The fourth-order valence-corrected chi connectivity index (χ4v) is 2.73. The number of hydrogen-bond donors (Lipinski definition) is 2. The molecule has 1 aromatic rings. The molecule has 2 rings (SSSR count). The molecule has 0 spiro atoms. The summed E-state index contributed by atoms with van der Waals surface area (Å²) in [5.74, 6) is -0.287. The van der Waals surface area contributed by atoms with Crippen LogP contribution in [0.3, 0.4) is 0 Å². The number of carbonyl (C=O) groups excluding carboxylic acids is 1. The van der Waals surface area contributed by atoms with E-state index >= 15 is 0 Å². The lowest BCUT2D eigenvalue weighted by molar-refractivity contribution is -0.139. The van der Waals surface area contributed by atoms with Crippen molar-refractivity contribution in [3.63, 3.8) is 0 Å². The lowest BCUT2D eigenvalue weighted by Gasteiger charge is -2.29. The number of nitrogens with one attached hydrogen (secondary N) is 2. The lowest BCUT2D eigenvalue weighted by atomic mass is 9.96. The van der Waals surface area contributed by atoms with Gasteiger partial charge < -0.3 is 15.4 Å². The molecule has 1 atom stereocenters. The predicted molar refractivity (Wildman–Crippen MR) is 91.2 cm³/mol. The third-order valence-electron chi connectivity index (χ3n) is 3.60. The Hall–Kier alpha value is -1.88. The molecule has 1 aliphatic rings. The Labute approximate surface area is 136 Å². The van der Waals surface area contributed by atoms with Gasteiger partial charge in [0, 0.05) is 5.70 Å². The van der Waals surface area contributed by atoms with E-state index in [1.807, 2.05) is 37.3 Å². The molecule has 1 aromatic carbocycles. The molecule has 5 heteroatoms. The van der Waals surface area contributed by atoms with Crippen LogP contribution in [0, 0.1) is 0 Å². The first-order valence-electron chi connectivity index (χ1n) is 7.63. The van der Waals surface area contributed by atoms with Gasteiger partial charge in [0.2, 0.25) is 0 Å². The van der Waals surface area contributed by atoms with Gasteiger partial charge in [0.25, 0.3) is 0 Å². The van der Waals surface area contributed by atoms with Crippen molar-refractivity contribution in [2.24, 2.45) is 0 Å². The highest BCUT2D eigenvalue weighted by Gasteiger charge is 2.30. The molecule has 0 saturated heterocycles. The summed E-state index contributed by atoms with van der Waals surface area (Å²) in [6, 6.07) is 9.52. The van der Waals surface area contributed by atoms with Crippen molar-refractivity contribution in [3.05, 3.63) is 47.2 Å². The van der Waals surface area contributed by atoms with E-state index < -0.39 is 0 Å². The van der Waals surface area contributed by atoms with Gasteiger partial charge in [-0.2, -0.15) is 0 Å². The van der Waals surface area contributed by atoms with Crippen molar-refractivity contribution in [3.8, 4) is 0 Å². The van der Waals surface area contributed by atoms with Crippen LogP contribution in [0.2, 0.25) is 0 Å². The molecule has 0 radical (unpaired) electrons. The van der Waals surface area contributed by atoms with E-state index in [-0.39, 0.29) is 12.0 Å². The van der Waals surface area contributed by atoms with Gasteiger partial charge >= 0.3 is 5.97 Å². The molecule has 0 fully saturated rings. The molecular formula is C17H22N2O2S. The first-order valence-corrected chi connectivity index (χ1v) is 8.04. The van der Waals surface area contributed by atoms with Crippen LogP contribution in [0.15, 0.2) is 41.6 Å². The molecule has 0 amide bonds. The van der Waals surface area contributed by atoms with Gasteiger partial charge in [-0.05, 0) is 31.1 Å². The number of thiocarbonyl (C=S) groups is 1. The first-order chi connectivity index (χ1) is 10.6. The Balaban J connectivity index is 2.18. The second-order valence-electron chi connectivity index (χ2n) is 5.32. The summed E-state index contributed by atoms with van der Waals surface area (Å²) < 4.78 is 5.42. The third-order valence-corrected chi connectivity index (χ3v) is 3.82. The molecular weight excluding hydrogens is 296 g/mol. The van der Waals surface area contributed by atoms with Crippen LogP contribution in [0.1, 0.15) is 44.7 Å². The third kappa shape index (κ3) is 4.07. The number of rotatable bonds is 6. The quantitative estimate of drug-likeness (QED) is 0.479. The lowest BCUT2D eigenvalue weighted by Crippen LogP contribution is -2.45. The largest absolute Gasteiger partial charge is 0.462 e. The molecule has 4 nitrogen and oxygen atoms in total. The minimum atomic E-state index is -0.287. The van der Waals surface area contributed by atoms with E-state index in [4.69, 9.17) is 17.0 Å². The smallest absolute Gasteiger partial charge is 0.338 e. The standard InChI is InChI=1S/C17H22N2O2S/c1-3-4-8-11-21-16(20)14-12(2)18-17(22)19-15(14)13-9-6-5-7-10-13/h5-7,9-10,15H,3-4,8,11H2,1-2H3,(H2,18,19,22). The minimum Gasteiger partial charge on any atom is -0.462 e. The van der Waals surface area contributed by atoms with Crippen molar-refractivity contribution in [1.82, 2.24) is 10.6 Å². The fraction of sp³-hybridized carbons (Fsp3) is 0.412. The average Bonchev–Trinajstić information content (AvgIpc) is 2.51. The second-order valence-corrected chi connectivity index (χ2v) is 5.73. The molecule has 22 heavy (non-hydrogen) atoms. The zero-order valence-corrected chi connectivity index (χ0v) is 13.8. The zero-order chi connectivity index (χ0) is 15.9. The summed E-state index contributed by atoms with van der Waals surface area (Å²) in [7, 11) is 0. The van der Waals surface area contributed by atoms with Crippen molar-refractivity contribution < 1.29 is 9.53 Å². The molecule has 1 heterocycles. The van der Waals surface area contributed by atoms with Crippen LogP contribution in [0.5, 0.6) is 0 Å². The average molecular weight is 318 g/mol. The monoisotopic (exact) mass is 318 g/mol. The summed E-state index contributed by atoms with van der Waals surface area (Å²) in [5, 5.41) is 6.69. The second kappa shape index (κ2) is 7.94. The Morgan fingerprint density at radius 3 is 2.68 bits per heavy atom. The fourth-order valence-electron chi connectivity index (χ4n) is 2.45. The number of esters is 1. The summed E-state index contributed by atoms with van der Waals surface area (Å²) >= 11 is 5.21. The van der Waals surface area contributed by atoms with E-state index in [2.05, 4.69) is 17.6 Å². The normalized spacial score (nSPS) is 17.7. The number of hydrogen-bond acceptors (Lipinski definition) is 3. The molecule has 1 unspecified atom stereocenters. The van der Waals surface area contributed by atoms with Crippen LogP contribution >= 0.6 is 12.2 Å². The Bertz CT molecular complexity index is 569. The Morgan fingerprint density at radius 1 is 1.27 bits per heavy atom. The van der Waals surface area contributed by atoms with Crippen molar-refractivity contribution in [2.45, 2.75) is 39.2 Å². The number of benzene rings is 1. The SMILES string of the molecule is CCCCCOC(=O)C1=C(C)NC(=S)NC1c1ccccc1. The Kier molecular flexibility index (Phi) is 5.95. The molecule has 0 bridgehead atoms. The van der Waals surface area contributed by atoms with Crippen LogP contribution in [0.25, 0.3) is 0 Å². The predicted octanol–water partition coefficient (Wildman–Crippen LogP) is 3.21. The Morgan fingerprint density at radius 2 is 2.00 bits per heavy atom. The number of allylic oxidation sites excluding steroid dienone is 1. The van der Waals surface area contributed by atoms with Crippen molar-refractivity contribution in [2.75, 3.05) is 6.61 Å². The van der Waals surface area contributed by atoms with Gasteiger partial charge in [-0.3, -0.25) is 0 Å². The molecule has 0 saturated carbocycles. The van der Waals surface area contributed by atoms with E-state index in [0.717, 1.165) is 30.5 Å². The molecule has 0 aromatic heterocycles. The molecule has 0 aliphatic carbocycles. The van der Waals surface area contributed by atoms with Crippen LogP contribution < -0.4 is 10.6 Å². The maximum atomic E-state index is 12.5. The highest BCUT2D eigenvalue weighted by atomic mass is 32.1. The number of carbonyl (C=O) groups is 1. The van der Waals surface area contributed by atoms with Crippen LogP contribution in [0.4, 0.5) is 0 Å². The van der Waals surface area contributed by atoms with Gasteiger partial charge in [0.1, 0.15) is 0 Å². The van der Waals surface area contributed by atoms with Crippen molar-refractivity contribution in [1.29, 1.82) is 0 Å². The van der Waals surface area contributed by atoms with E-state index in [9.17, 15) is 4.79 Å². The van der Waals surface area contributed by atoms with Crippen LogP contribution in [-0.4, -0.2) is 17.7 Å².